The van der Waals surface area contributed by atoms with Crippen LogP contribution in [0.15, 0.2) is 48.7 Å². The van der Waals surface area contributed by atoms with Crippen molar-refractivity contribution in [2.75, 3.05) is 60.3 Å². The van der Waals surface area contributed by atoms with Crippen LogP contribution in [0.3, 0.4) is 0 Å². The van der Waals surface area contributed by atoms with E-state index in [-0.39, 0.29) is 0 Å². The van der Waals surface area contributed by atoms with E-state index in [4.69, 9.17) is 0 Å². The first-order valence-corrected chi connectivity index (χ1v) is 9.69. The first kappa shape index (κ1) is 19.8. The fourth-order valence-electron chi connectivity index (χ4n) is 3.25. The predicted molar refractivity (Wildman–Crippen MR) is 115 cm³/mol. The van der Waals surface area contributed by atoms with E-state index in [1.165, 1.54) is 6.07 Å². The normalized spacial score (nSPS) is 14.0. The fourth-order valence-corrected chi connectivity index (χ4v) is 3.25. The third kappa shape index (κ3) is 4.40. The van der Waals surface area contributed by atoms with Crippen LogP contribution in [0, 0.1) is 11.6 Å². The molecule has 1 aliphatic heterocycles. The number of nitrogens with zero attached hydrogens (tertiary/aromatic N) is 6. The molecule has 0 unspecified atom stereocenters. The van der Waals surface area contributed by atoms with Gasteiger partial charge in [-0.15, -0.1) is 0 Å². The van der Waals surface area contributed by atoms with Gasteiger partial charge in [0.15, 0.2) is 11.6 Å². The zero-order valence-electron chi connectivity index (χ0n) is 16.9. The number of anilines is 5. The third-order valence-electron chi connectivity index (χ3n) is 4.89. The van der Waals surface area contributed by atoms with Crippen LogP contribution in [-0.2, 0) is 0 Å². The van der Waals surface area contributed by atoms with Crippen molar-refractivity contribution in [3.8, 4) is 0 Å². The Morgan fingerprint density at radius 2 is 1.67 bits per heavy atom. The highest BCUT2D eigenvalue weighted by molar-refractivity contribution is 5.62. The van der Waals surface area contributed by atoms with Gasteiger partial charge in [0, 0.05) is 64.3 Å². The summed E-state index contributed by atoms with van der Waals surface area (Å²) in [6.07, 6.45) is 1.79. The van der Waals surface area contributed by atoms with Crippen LogP contribution in [0.4, 0.5) is 37.9 Å². The molecule has 9 heteroatoms. The molecular weight excluding hydrogens is 388 g/mol. The summed E-state index contributed by atoms with van der Waals surface area (Å²) in [6.45, 7) is 3.10. The Morgan fingerprint density at radius 3 is 2.33 bits per heavy atom. The number of pyridine rings is 1. The van der Waals surface area contributed by atoms with E-state index >= 15 is 0 Å². The first-order chi connectivity index (χ1) is 14.5. The second-order valence-electron chi connectivity index (χ2n) is 7.22. The number of nitrogens with one attached hydrogen (secondary N) is 1. The monoisotopic (exact) mass is 411 g/mol. The molecule has 0 aliphatic carbocycles. The van der Waals surface area contributed by atoms with Crippen molar-refractivity contribution in [2.24, 2.45) is 0 Å². The summed E-state index contributed by atoms with van der Waals surface area (Å²) < 4.78 is 26.8. The van der Waals surface area contributed by atoms with Crippen molar-refractivity contribution >= 4 is 29.1 Å². The molecule has 156 valence electrons. The Bertz CT molecular complexity index is 1010. The van der Waals surface area contributed by atoms with Crippen LogP contribution >= 0.6 is 0 Å². The summed E-state index contributed by atoms with van der Waals surface area (Å²) in [4.78, 5) is 19.9. The maximum atomic E-state index is 13.6. The van der Waals surface area contributed by atoms with E-state index in [2.05, 4.69) is 30.1 Å². The van der Waals surface area contributed by atoms with Crippen LogP contribution < -0.4 is 20.0 Å². The number of halogens is 2. The number of benzene rings is 1. The molecule has 7 nitrogen and oxygen atoms in total. The molecule has 1 aromatic carbocycles. The van der Waals surface area contributed by atoms with Crippen molar-refractivity contribution < 1.29 is 8.78 Å². The lowest BCUT2D eigenvalue weighted by molar-refractivity contribution is 0.509. The number of piperazine rings is 1. The molecule has 0 radical (unpaired) electrons. The van der Waals surface area contributed by atoms with E-state index in [0.717, 1.165) is 49.9 Å². The molecule has 0 bridgehead atoms. The van der Waals surface area contributed by atoms with Gasteiger partial charge in [0.25, 0.3) is 0 Å². The van der Waals surface area contributed by atoms with Crippen molar-refractivity contribution in [1.82, 2.24) is 15.0 Å². The highest BCUT2D eigenvalue weighted by atomic mass is 19.2. The van der Waals surface area contributed by atoms with E-state index in [1.54, 1.807) is 12.3 Å². The van der Waals surface area contributed by atoms with Gasteiger partial charge in [0.2, 0.25) is 5.95 Å². The van der Waals surface area contributed by atoms with Gasteiger partial charge in [-0.2, -0.15) is 9.97 Å². The van der Waals surface area contributed by atoms with Crippen molar-refractivity contribution in [3.05, 3.63) is 60.3 Å². The van der Waals surface area contributed by atoms with Gasteiger partial charge in [0.1, 0.15) is 17.5 Å². The molecule has 3 heterocycles. The lowest BCUT2D eigenvalue weighted by atomic mass is 10.3. The van der Waals surface area contributed by atoms with Crippen molar-refractivity contribution in [1.29, 1.82) is 0 Å². The van der Waals surface area contributed by atoms with Gasteiger partial charge < -0.3 is 20.0 Å². The molecule has 1 fully saturated rings. The maximum Gasteiger partial charge on any atom is 0.229 e. The van der Waals surface area contributed by atoms with Gasteiger partial charge in [-0.05, 0) is 24.3 Å². The summed E-state index contributed by atoms with van der Waals surface area (Å²) in [6, 6.07) is 11.3. The van der Waals surface area contributed by atoms with Gasteiger partial charge in [-0.25, -0.2) is 13.8 Å². The Hall–Kier alpha value is -3.49. The molecular formula is C21H23F2N7. The number of hydrogen-bond donors (Lipinski definition) is 1. The van der Waals surface area contributed by atoms with Crippen LogP contribution in [0.2, 0.25) is 0 Å². The fraction of sp³-hybridized carbons (Fsp3) is 0.286. The molecule has 4 rings (SSSR count). The minimum absolute atomic E-state index is 0.420. The largest absolute Gasteiger partial charge is 0.363 e. The average Bonchev–Trinajstić information content (AvgIpc) is 2.77. The van der Waals surface area contributed by atoms with E-state index < -0.39 is 11.6 Å². The number of rotatable bonds is 5. The van der Waals surface area contributed by atoms with Crippen LogP contribution in [0.25, 0.3) is 0 Å². The molecule has 1 N–H and O–H groups in total. The van der Waals surface area contributed by atoms with Gasteiger partial charge in [-0.3, -0.25) is 0 Å². The van der Waals surface area contributed by atoms with Gasteiger partial charge >= 0.3 is 0 Å². The average molecular weight is 411 g/mol. The summed E-state index contributed by atoms with van der Waals surface area (Å²) in [7, 11) is 3.79. The highest BCUT2D eigenvalue weighted by Gasteiger charge is 2.21. The Balaban J connectivity index is 1.53. The van der Waals surface area contributed by atoms with Crippen LogP contribution in [0.5, 0.6) is 0 Å². The van der Waals surface area contributed by atoms with Crippen molar-refractivity contribution in [2.45, 2.75) is 0 Å². The minimum Gasteiger partial charge on any atom is -0.363 e. The molecule has 2 aromatic heterocycles. The van der Waals surface area contributed by atoms with E-state index in [1.807, 2.05) is 37.2 Å². The lowest BCUT2D eigenvalue weighted by Gasteiger charge is -2.35. The quantitative estimate of drug-likeness (QED) is 0.691. The molecule has 1 saturated heterocycles. The van der Waals surface area contributed by atoms with E-state index in [0.29, 0.717) is 17.5 Å². The molecule has 0 amide bonds. The predicted octanol–water partition coefficient (Wildman–Crippen LogP) is 3.29. The van der Waals surface area contributed by atoms with Gasteiger partial charge in [0.05, 0.1) is 0 Å². The smallest absolute Gasteiger partial charge is 0.229 e. The molecule has 3 aromatic rings. The summed E-state index contributed by atoms with van der Waals surface area (Å²) in [5.41, 5.74) is 0.420. The van der Waals surface area contributed by atoms with E-state index in [9.17, 15) is 8.78 Å². The summed E-state index contributed by atoms with van der Waals surface area (Å²) >= 11 is 0. The van der Waals surface area contributed by atoms with Crippen LogP contribution in [-0.4, -0.2) is 55.2 Å². The Labute approximate surface area is 174 Å². The molecule has 1 aliphatic rings. The molecule has 0 spiro atoms. The maximum absolute atomic E-state index is 13.6. The second kappa shape index (κ2) is 8.48. The number of aromatic nitrogens is 3. The molecule has 0 saturated carbocycles. The zero-order chi connectivity index (χ0) is 21.1. The minimum atomic E-state index is -0.909. The second-order valence-corrected chi connectivity index (χ2v) is 7.22. The first-order valence-electron chi connectivity index (χ1n) is 9.69. The van der Waals surface area contributed by atoms with Crippen molar-refractivity contribution in [3.63, 3.8) is 0 Å². The standard InChI is InChI=1S/C21H23F2N7/c1-28(2)20-14-18(25-15-6-7-16(22)17(23)13-15)26-21(27-20)30-11-9-29(10-12-30)19-5-3-4-8-24-19/h3-8,13-14H,9-12H2,1-2H3,(H,25,26,27). The molecule has 30 heavy (non-hydrogen) atoms. The highest BCUT2D eigenvalue weighted by Crippen LogP contribution is 2.24. The topological polar surface area (TPSA) is 60.4 Å². The summed E-state index contributed by atoms with van der Waals surface area (Å²) in [5.74, 6) is 0.989. The van der Waals surface area contributed by atoms with Gasteiger partial charge in [-0.1, -0.05) is 6.07 Å². The summed E-state index contributed by atoms with van der Waals surface area (Å²) in [5, 5.41) is 3.05. The zero-order valence-corrected chi connectivity index (χ0v) is 16.9. The van der Waals surface area contributed by atoms with Crippen LogP contribution in [0.1, 0.15) is 0 Å². The lowest BCUT2D eigenvalue weighted by Crippen LogP contribution is -2.47. The Kier molecular flexibility index (Phi) is 5.60. The molecule has 0 atom stereocenters. The number of hydrogen-bond acceptors (Lipinski definition) is 7. The SMILES string of the molecule is CN(C)c1cc(Nc2ccc(F)c(F)c2)nc(N2CCN(c3ccccn3)CC2)n1. The Morgan fingerprint density at radius 1 is 0.900 bits per heavy atom. The third-order valence-corrected chi connectivity index (χ3v) is 4.89.